The zero-order chi connectivity index (χ0) is 34.9. The van der Waals surface area contributed by atoms with Gasteiger partial charge in [-0.05, 0) is 89.2 Å². The molecule has 0 unspecified atom stereocenters. The van der Waals surface area contributed by atoms with Gasteiger partial charge >= 0.3 is 0 Å². The summed E-state index contributed by atoms with van der Waals surface area (Å²) < 4.78 is 16.0. The number of benzene rings is 3. The van der Waals surface area contributed by atoms with E-state index in [1.807, 2.05) is 37.0 Å². The van der Waals surface area contributed by atoms with E-state index in [-0.39, 0.29) is 16.6 Å². The monoisotopic (exact) mass is 699 g/mol. The fourth-order valence-corrected chi connectivity index (χ4v) is 6.88. The molecule has 49 heavy (non-hydrogen) atoms. The fraction of sp³-hybridized carbons (Fsp3) is 0.351. The van der Waals surface area contributed by atoms with Crippen molar-refractivity contribution >= 4 is 51.2 Å². The molecule has 1 fully saturated rings. The molecule has 2 N–H and O–H groups in total. The number of likely N-dealkylation sites (tertiary alicyclic amines) is 1. The average molecular weight is 701 g/mol. The molecule has 0 saturated carbocycles. The molecule has 12 heteroatoms. The van der Waals surface area contributed by atoms with Crippen LogP contribution in [0.4, 0.5) is 21.5 Å². The molecular weight excluding hydrogens is 660 g/mol. The average Bonchev–Trinajstić information content (AvgIpc) is 3.55. The Morgan fingerprint density at radius 1 is 1.08 bits per heavy atom. The smallest absolute Gasteiger partial charge is 0.141 e. The number of nitrogens with one attached hydrogen (secondary N) is 2. The first-order valence-corrected chi connectivity index (χ1v) is 17.1. The highest BCUT2D eigenvalue weighted by Gasteiger charge is 2.30. The molecular formula is C37H40Cl2FN9. The van der Waals surface area contributed by atoms with Gasteiger partial charge in [-0.15, -0.1) is 5.10 Å². The Morgan fingerprint density at radius 2 is 1.84 bits per heavy atom. The van der Waals surface area contributed by atoms with Crippen molar-refractivity contribution in [2.24, 2.45) is 0 Å². The van der Waals surface area contributed by atoms with Crippen molar-refractivity contribution in [3.8, 4) is 6.07 Å². The van der Waals surface area contributed by atoms with Crippen LogP contribution in [0.5, 0.6) is 0 Å². The van der Waals surface area contributed by atoms with E-state index in [4.69, 9.17) is 33.3 Å². The summed E-state index contributed by atoms with van der Waals surface area (Å²) in [4.78, 5) is 9.37. The molecule has 5 aromatic rings. The third-order valence-electron chi connectivity index (χ3n) is 9.01. The number of nitriles is 1. The number of nitrogens with zero attached hydrogens (tertiary/aromatic N) is 7. The van der Waals surface area contributed by atoms with Gasteiger partial charge in [-0.1, -0.05) is 52.7 Å². The van der Waals surface area contributed by atoms with Crippen LogP contribution in [0.3, 0.4) is 0 Å². The molecule has 1 aliphatic rings. The predicted molar refractivity (Wildman–Crippen MR) is 195 cm³/mol. The van der Waals surface area contributed by atoms with Gasteiger partial charge in [0.1, 0.15) is 17.6 Å². The summed E-state index contributed by atoms with van der Waals surface area (Å²) in [6.45, 7) is 9.51. The molecule has 0 aliphatic carbocycles. The second kappa shape index (κ2) is 14.3. The Hall–Kier alpha value is -4.27. The summed E-state index contributed by atoms with van der Waals surface area (Å²) in [6, 6.07) is 18.3. The van der Waals surface area contributed by atoms with Crippen LogP contribution in [-0.2, 0) is 6.54 Å². The third kappa shape index (κ3) is 7.66. The number of hydrogen-bond donors (Lipinski definition) is 2. The summed E-state index contributed by atoms with van der Waals surface area (Å²) in [5.41, 5.74) is 5.64. The quantitative estimate of drug-likeness (QED) is 0.158. The molecule has 6 rings (SSSR count). The number of hydrogen-bond acceptors (Lipinski definition) is 8. The Morgan fingerprint density at radius 3 is 2.53 bits per heavy atom. The molecule has 0 bridgehead atoms. The van der Waals surface area contributed by atoms with Crippen LogP contribution in [0.1, 0.15) is 68.1 Å². The van der Waals surface area contributed by atoms with E-state index in [0.717, 1.165) is 49.3 Å². The maximum Gasteiger partial charge on any atom is 0.141 e. The normalized spacial score (nSPS) is 15.0. The molecule has 1 aliphatic heterocycles. The third-order valence-corrected chi connectivity index (χ3v) is 9.52. The number of rotatable bonds is 9. The Bertz CT molecular complexity index is 2010. The largest absolute Gasteiger partial charge is 0.371 e. The molecule has 1 atom stereocenters. The van der Waals surface area contributed by atoms with Crippen molar-refractivity contribution in [3.63, 3.8) is 0 Å². The maximum absolute atomic E-state index is 13.9. The number of piperidine rings is 1. The summed E-state index contributed by atoms with van der Waals surface area (Å²) in [5.74, 6) is -0.533. The van der Waals surface area contributed by atoms with E-state index in [0.29, 0.717) is 38.6 Å². The Kier molecular flexibility index (Phi) is 10.1. The van der Waals surface area contributed by atoms with E-state index >= 15 is 0 Å². The lowest BCUT2D eigenvalue weighted by molar-refractivity contribution is 0.0866. The van der Waals surface area contributed by atoms with E-state index in [2.05, 4.69) is 70.8 Å². The van der Waals surface area contributed by atoms with Crippen LogP contribution >= 0.6 is 23.2 Å². The van der Waals surface area contributed by atoms with Crippen molar-refractivity contribution in [1.29, 1.82) is 5.26 Å². The van der Waals surface area contributed by atoms with Crippen molar-refractivity contribution in [1.82, 2.24) is 29.8 Å². The molecule has 254 valence electrons. The molecule has 2 aromatic heterocycles. The number of anilines is 3. The van der Waals surface area contributed by atoms with Crippen LogP contribution in [-0.4, -0.2) is 62.5 Å². The number of fused-ring (bicyclic) bond motifs is 1. The standard InChI is InChI=1S/C37H40Cl2FN9/c1-37(2,3)48-14-12-27(13-15-48)49-22-33(45-46-49)36(28-9-7-6-8-23(28)21-47(4)5)44-32-17-25(38)16-29-34(24(19-41)20-42-35(29)32)43-26-10-11-31(40)30(39)18-26/h6-11,16-18,20,22,27,36,44H,12-15,21H2,1-5H3,(H,42,43)/t36-/m0/s1. The van der Waals surface area contributed by atoms with Gasteiger partial charge in [-0.25, -0.2) is 9.07 Å². The first-order chi connectivity index (χ1) is 23.4. The zero-order valence-corrected chi connectivity index (χ0v) is 29.8. The van der Waals surface area contributed by atoms with Gasteiger partial charge in [0.2, 0.25) is 0 Å². The second-order valence-corrected chi connectivity index (χ2v) is 14.6. The highest BCUT2D eigenvalue weighted by molar-refractivity contribution is 6.32. The van der Waals surface area contributed by atoms with Gasteiger partial charge in [0.05, 0.1) is 45.8 Å². The molecule has 0 spiro atoms. The number of pyridine rings is 1. The lowest BCUT2D eigenvalue weighted by atomic mass is 9.96. The van der Waals surface area contributed by atoms with E-state index < -0.39 is 11.9 Å². The zero-order valence-electron chi connectivity index (χ0n) is 28.3. The van der Waals surface area contributed by atoms with E-state index in [9.17, 15) is 9.65 Å². The molecule has 3 aromatic carbocycles. The number of aromatic nitrogens is 4. The van der Waals surface area contributed by atoms with E-state index in [1.165, 1.54) is 18.3 Å². The molecule has 0 amide bonds. The lowest BCUT2D eigenvalue weighted by Gasteiger charge is -2.40. The van der Waals surface area contributed by atoms with Crippen LogP contribution in [0.2, 0.25) is 10.0 Å². The summed E-state index contributed by atoms with van der Waals surface area (Å²) in [6.07, 6.45) is 5.56. The Balaban J connectivity index is 1.42. The van der Waals surface area contributed by atoms with Crippen molar-refractivity contribution < 1.29 is 4.39 Å². The van der Waals surface area contributed by atoms with E-state index in [1.54, 1.807) is 12.1 Å². The van der Waals surface area contributed by atoms with Crippen molar-refractivity contribution in [2.45, 2.75) is 57.8 Å². The number of halogens is 3. The minimum absolute atomic E-state index is 0.0331. The molecule has 3 heterocycles. The highest BCUT2D eigenvalue weighted by Crippen LogP contribution is 2.38. The van der Waals surface area contributed by atoms with Gasteiger partial charge in [0.15, 0.2) is 0 Å². The molecule has 9 nitrogen and oxygen atoms in total. The summed E-state index contributed by atoms with van der Waals surface area (Å²) >= 11 is 12.8. The summed E-state index contributed by atoms with van der Waals surface area (Å²) in [7, 11) is 4.09. The van der Waals surface area contributed by atoms with Gasteiger partial charge in [0, 0.05) is 47.5 Å². The topological polar surface area (TPSA) is 97.9 Å². The van der Waals surface area contributed by atoms with Crippen LogP contribution in [0, 0.1) is 17.1 Å². The Labute approximate surface area is 296 Å². The van der Waals surface area contributed by atoms with Gasteiger partial charge in [-0.2, -0.15) is 5.26 Å². The highest BCUT2D eigenvalue weighted by atomic mass is 35.5. The minimum atomic E-state index is -0.533. The van der Waals surface area contributed by atoms with Crippen molar-refractivity contribution in [2.75, 3.05) is 37.8 Å². The van der Waals surface area contributed by atoms with Gasteiger partial charge < -0.3 is 15.5 Å². The second-order valence-electron chi connectivity index (χ2n) is 13.8. The van der Waals surface area contributed by atoms with Crippen molar-refractivity contribution in [3.05, 3.63) is 105 Å². The first kappa shape index (κ1) is 34.6. The lowest BCUT2D eigenvalue weighted by Crippen LogP contribution is -2.46. The van der Waals surface area contributed by atoms with Crippen LogP contribution < -0.4 is 10.6 Å². The summed E-state index contributed by atoms with van der Waals surface area (Å²) in [5, 5.41) is 27.4. The van der Waals surface area contributed by atoms with Crippen LogP contribution in [0.15, 0.2) is 67.0 Å². The maximum atomic E-state index is 13.9. The van der Waals surface area contributed by atoms with Crippen LogP contribution in [0.25, 0.3) is 10.9 Å². The predicted octanol–water partition coefficient (Wildman–Crippen LogP) is 8.59. The minimum Gasteiger partial charge on any atom is -0.371 e. The first-order valence-electron chi connectivity index (χ1n) is 16.3. The fourth-order valence-electron chi connectivity index (χ4n) is 6.48. The van der Waals surface area contributed by atoms with Gasteiger partial charge in [0.25, 0.3) is 0 Å². The SMILES string of the molecule is CN(C)Cc1ccccc1[C@H](Nc1cc(Cl)cc2c(Nc3ccc(F)c(Cl)c3)c(C#N)cnc12)c1cn(C2CCN(C(C)(C)C)CC2)nn1. The molecule has 1 saturated heterocycles. The molecule has 0 radical (unpaired) electrons. The van der Waals surface area contributed by atoms with Gasteiger partial charge in [-0.3, -0.25) is 9.88 Å².